The lowest BCUT2D eigenvalue weighted by molar-refractivity contribution is 0.339. The van der Waals surface area contributed by atoms with Crippen molar-refractivity contribution in [2.45, 2.75) is 93.9 Å². The van der Waals surface area contributed by atoms with Crippen molar-refractivity contribution in [1.82, 2.24) is 0 Å². The molecule has 0 bridgehead atoms. The van der Waals surface area contributed by atoms with Gasteiger partial charge >= 0.3 is 0 Å². The molecule has 0 aromatic heterocycles. The van der Waals surface area contributed by atoms with Gasteiger partial charge in [0.2, 0.25) is 0 Å². The highest BCUT2D eigenvalue weighted by Crippen LogP contribution is 2.34. The van der Waals surface area contributed by atoms with Gasteiger partial charge in [0, 0.05) is 0 Å². The van der Waals surface area contributed by atoms with Crippen LogP contribution in [0, 0.1) is 10.8 Å². The van der Waals surface area contributed by atoms with Gasteiger partial charge in [0.1, 0.15) is 0 Å². The van der Waals surface area contributed by atoms with Crippen LogP contribution in [-0.2, 0) is 19.3 Å². The summed E-state index contributed by atoms with van der Waals surface area (Å²) in [6.07, 6.45) is 4.73. The van der Waals surface area contributed by atoms with Crippen LogP contribution in [0.15, 0.2) is 48.5 Å². The van der Waals surface area contributed by atoms with Crippen LogP contribution in [0.4, 0.5) is 0 Å². The zero-order chi connectivity index (χ0) is 21.4. The Labute approximate surface area is 175 Å². The molecule has 0 heterocycles. The Hall–Kier alpha value is -1.56. The number of hydrogen-bond acceptors (Lipinski definition) is 0. The van der Waals surface area contributed by atoms with E-state index in [0.717, 1.165) is 12.8 Å². The molecule has 1 atom stereocenters. The number of aryl methyl sites for hydroxylation is 3. The molecule has 0 amide bonds. The maximum absolute atomic E-state index is 2.31. The van der Waals surface area contributed by atoms with Crippen molar-refractivity contribution in [3.63, 3.8) is 0 Å². The molecular formula is C28H44. The molecule has 156 valence electrons. The lowest BCUT2D eigenvalue weighted by Gasteiger charge is -2.27. The molecule has 2 rings (SSSR count). The number of rotatable bonds is 5. The number of hydrogen-bond donors (Lipinski definition) is 0. The van der Waals surface area contributed by atoms with Crippen LogP contribution in [0.25, 0.3) is 0 Å². The van der Waals surface area contributed by atoms with Crippen LogP contribution >= 0.6 is 0 Å². The minimum atomic E-state index is 0.355. The summed E-state index contributed by atoms with van der Waals surface area (Å²) in [4.78, 5) is 0. The Morgan fingerprint density at radius 3 is 1.39 bits per heavy atom. The fourth-order valence-corrected chi connectivity index (χ4v) is 3.00. The lowest BCUT2D eigenvalue weighted by Crippen LogP contribution is -2.15. The Morgan fingerprint density at radius 1 is 0.643 bits per heavy atom. The van der Waals surface area contributed by atoms with Crippen molar-refractivity contribution in [3.05, 3.63) is 70.8 Å². The van der Waals surface area contributed by atoms with E-state index in [1.165, 1.54) is 35.1 Å². The molecule has 0 aliphatic heterocycles. The van der Waals surface area contributed by atoms with Gasteiger partial charge in [0.25, 0.3) is 0 Å². The molecule has 2 aromatic rings. The molecule has 0 aliphatic carbocycles. The SMILES string of the molecule is CCc1ccc(C(C)C(C)(C)C)cc1.CCc1ccc(CCC(C)(C)C)cc1. The van der Waals surface area contributed by atoms with Crippen molar-refractivity contribution in [2.24, 2.45) is 10.8 Å². The Kier molecular flexibility index (Phi) is 9.48. The van der Waals surface area contributed by atoms with Crippen molar-refractivity contribution >= 4 is 0 Å². The largest absolute Gasteiger partial charge is 0.0613 e. The van der Waals surface area contributed by atoms with E-state index in [1.807, 2.05) is 0 Å². The van der Waals surface area contributed by atoms with Crippen LogP contribution < -0.4 is 0 Å². The van der Waals surface area contributed by atoms with Crippen LogP contribution in [0.1, 0.15) is 96.9 Å². The summed E-state index contributed by atoms with van der Waals surface area (Å²) in [5, 5.41) is 0. The molecule has 0 spiro atoms. The van der Waals surface area contributed by atoms with Gasteiger partial charge in [-0.2, -0.15) is 0 Å². The second-order valence-electron chi connectivity index (χ2n) is 10.4. The summed E-state index contributed by atoms with van der Waals surface area (Å²) in [7, 11) is 0. The molecule has 0 radical (unpaired) electrons. The minimum Gasteiger partial charge on any atom is -0.0613 e. The second kappa shape index (κ2) is 10.8. The van der Waals surface area contributed by atoms with Crippen LogP contribution in [-0.4, -0.2) is 0 Å². The first-order valence-corrected chi connectivity index (χ1v) is 11.1. The number of benzene rings is 2. The standard InChI is InChI=1S/2C14H22/c1-6-12-7-9-13(10-8-12)11(2)14(3,4)5;1-5-12-6-8-13(9-7-12)10-11-14(2,3)4/h7-11H,6H2,1-5H3;6-9H,5,10-11H2,1-4H3. The summed E-state index contributed by atoms with van der Waals surface area (Å²) >= 11 is 0. The summed E-state index contributed by atoms with van der Waals surface area (Å²) in [5.74, 6) is 0.619. The normalized spacial score (nSPS) is 12.9. The fraction of sp³-hybridized carbons (Fsp3) is 0.571. The first kappa shape index (κ1) is 24.5. The van der Waals surface area contributed by atoms with Gasteiger partial charge in [-0.15, -0.1) is 0 Å². The van der Waals surface area contributed by atoms with Gasteiger partial charge in [-0.3, -0.25) is 0 Å². The van der Waals surface area contributed by atoms with Crippen molar-refractivity contribution < 1.29 is 0 Å². The molecule has 0 aliphatic rings. The van der Waals surface area contributed by atoms with E-state index in [-0.39, 0.29) is 0 Å². The molecule has 28 heavy (non-hydrogen) atoms. The topological polar surface area (TPSA) is 0 Å². The van der Waals surface area contributed by atoms with Gasteiger partial charge in [-0.1, -0.05) is 111 Å². The Balaban J connectivity index is 0.000000280. The highest BCUT2D eigenvalue weighted by atomic mass is 14.3. The predicted octanol–water partition coefficient (Wildman–Crippen LogP) is 8.63. The summed E-state index contributed by atoms with van der Waals surface area (Å²) in [5.41, 5.74) is 6.59. The van der Waals surface area contributed by atoms with E-state index in [4.69, 9.17) is 0 Å². The van der Waals surface area contributed by atoms with Gasteiger partial charge in [0.15, 0.2) is 0 Å². The fourth-order valence-electron chi connectivity index (χ4n) is 3.00. The maximum atomic E-state index is 2.31. The lowest BCUT2D eigenvalue weighted by atomic mass is 9.78. The van der Waals surface area contributed by atoms with Crippen LogP contribution in [0.5, 0.6) is 0 Å². The molecule has 0 nitrogen and oxygen atoms in total. The van der Waals surface area contributed by atoms with Crippen molar-refractivity contribution in [2.75, 3.05) is 0 Å². The molecule has 0 N–H and O–H groups in total. The zero-order valence-electron chi connectivity index (χ0n) is 20.0. The second-order valence-corrected chi connectivity index (χ2v) is 10.4. The van der Waals surface area contributed by atoms with Crippen molar-refractivity contribution in [3.8, 4) is 0 Å². The van der Waals surface area contributed by atoms with Crippen molar-refractivity contribution in [1.29, 1.82) is 0 Å². The third-order valence-electron chi connectivity index (χ3n) is 5.78. The minimum absolute atomic E-state index is 0.355. The molecule has 0 saturated heterocycles. The third-order valence-corrected chi connectivity index (χ3v) is 5.78. The van der Waals surface area contributed by atoms with Gasteiger partial charge in [-0.05, 0) is 64.7 Å². The Bertz CT molecular complexity index is 660. The predicted molar refractivity (Wildman–Crippen MR) is 127 cm³/mol. The van der Waals surface area contributed by atoms with Crippen LogP contribution in [0.2, 0.25) is 0 Å². The highest BCUT2D eigenvalue weighted by Gasteiger charge is 2.21. The maximum Gasteiger partial charge on any atom is -0.0142 e. The van der Waals surface area contributed by atoms with E-state index in [1.54, 1.807) is 0 Å². The van der Waals surface area contributed by atoms with E-state index >= 15 is 0 Å². The molecule has 0 saturated carbocycles. The van der Waals surface area contributed by atoms with E-state index < -0.39 is 0 Å². The molecule has 2 aromatic carbocycles. The van der Waals surface area contributed by atoms with Gasteiger partial charge < -0.3 is 0 Å². The zero-order valence-corrected chi connectivity index (χ0v) is 20.0. The smallest absolute Gasteiger partial charge is 0.0142 e. The Morgan fingerprint density at radius 2 is 1.04 bits per heavy atom. The monoisotopic (exact) mass is 380 g/mol. The van der Waals surface area contributed by atoms with Gasteiger partial charge in [-0.25, -0.2) is 0 Å². The summed E-state index contributed by atoms with van der Waals surface area (Å²) in [6.45, 7) is 20.5. The first-order chi connectivity index (χ1) is 13.0. The third kappa shape index (κ3) is 9.09. The summed E-state index contributed by atoms with van der Waals surface area (Å²) < 4.78 is 0. The summed E-state index contributed by atoms with van der Waals surface area (Å²) in [6, 6.07) is 18.1. The average Bonchev–Trinajstić information content (AvgIpc) is 2.65. The first-order valence-electron chi connectivity index (χ1n) is 11.1. The molecular weight excluding hydrogens is 336 g/mol. The van der Waals surface area contributed by atoms with Gasteiger partial charge in [0.05, 0.1) is 0 Å². The van der Waals surface area contributed by atoms with Crippen LogP contribution in [0.3, 0.4) is 0 Å². The quantitative estimate of drug-likeness (QED) is 0.487. The average molecular weight is 381 g/mol. The molecule has 1 unspecified atom stereocenters. The molecule has 0 fully saturated rings. The van der Waals surface area contributed by atoms with E-state index in [2.05, 4.69) is 111 Å². The molecule has 0 heteroatoms. The highest BCUT2D eigenvalue weighted by molar-refractivity contribution is 5.26. The van der Waals surface area contributed by atoms with E-state index in [9.17, 15) is 0 Å². The van der Waals surface area contributed by atoms with E-state index in [0.29, 0.717) is 16.7 Å².